The van der Waals surface area contributed by atoms with E-state index in [-0.39, 0.29) is 12.5 Å². The van der Waals surface area contributed by atoms with Crippen molar-refractivity contribution in [3.05, 3.63) is 22.3 Å². The number of rotatable bonds is 7. The highest BCUT2D eigenvalue weighted by Crippen LogP contribution is 2.19. The first-order valence-electron chi connectivity index (χ1n) is 4.64. The van der Waals surface area contributed by atoms with Gasteiger partial charge in [-0.1, -0.05) is 26.0 Å². The first-order chi connectivity index (χ1) is 6.83. The molecule has 15 heavy (non-hydrogen) atoms. The monoisotopic (exact) mass is 223 g/mol. The van der Waals surface area contributed by atoms with Crippen molar-refractivity contribution in [3.8, 4) is 0 Å². The topological polar surface area (TPSA) is 52.4 Å². The second-order valence-electron chi connectivity index (χ2n) is 3.43. The van der Waals surface area contributed by atoms with Gasteiger partial charge in [0.2, 0.25) is 6.54 Å². The molecule has 0 saturated carbocycles. The molecule has 0 aromatic rings. The summed E-state index contributed by atoms with van der Waals surface area (Å²) in [5, 5.41) is 9.87. The maximum absolute atomic E-state index is 12.7. The van der Waals surface area contributed by atoms with E-state index in [0.29, 0.717) is 0 Å². The summed E-state index contributed by atoms with van der Waals surface area (Å²) in [5.74, 6) is 0.265. The van der Waals surface area contributed by atoms with Crippen molar-refractivity contribution < 1.29 is 18.4 Å². The Kier molecular flexibility index (Phi) is 6.00. The third-order valence-electron chi connectivity index (χ3n) is 1.50. The van der Waals surface area contributed by atoms with Gasteiger partial charge in [-0.2, -0.15) is 8.78 Å². The number of nitro groups is 1. The van der Waals surface area contributed by atoms with Gasteiger partial charge in [0.25, 0.3) is 0 Å². The Morgan fingerprint density at radius 2 is 2.13 bits per heavy atom. The van der Waals surface area contributed by atoms with Gasteiger partial charge >= 0.3 is 6.11 Å². The van der Waals surface area contributed by atoms with Crippen LogP contribution in [-0.2, 0) is 4.74 Å². The number of allylic oxidation sites excluding steroid dienone is 1. The van der Waals surface area contributed by atoms with Crippen LogP contribution in [0.3, 0.4) is 0 Å². The number of hydrogen-bond donors (Lipinski definition) is 0. The van der Waals surface area contributed by atoms with Crippen molar-refractivity contribution in [2.75, 3.05) is 13.2 Å². The Labute approximate surface area is 87.1 Å². The molecular formula is C9H15F2NO3. The minimum atomic E-state index is -3.42. The summed E-state index contributed by atoms with van der Waals surface area (Å²) in [6.07, 6.45) is -1.11. The molecular weight excluding hydrogens is 208 g/mol. The summed E-state index contributed by atoms with van der Waals surface area (Å²) in [6, 6.07) is 0. The van der Waals surface area contributed by atoms with Gasteiger partial charge < -0.3 is 4.74 Å². The molecule has 0 aromatic carbocycles. The van der Waals surface area contributed by atoms with Gasteiger partial charge in [-0.05, 0) is 5.92 Å². The lowest BCUT2D eigenvalue weighted by molar-refractivity contribution is -0.489. The van der Waals surface area contributed by atoms with Crippen molar-refractivity contribution in [2.45, 2.75) is 26.4 Å². The standard InChI is InChI=1S/C9H15F2NO3/c1-8(2)4-3-7-15-9(10,11)5-6-12(13)14/h3-4,8H,5-7H2,1-2H3/b4-3+. The van der Waals surface area contributed by atoms with E-state index < -0.39 is 24.0 Å². The molecule has 88 valence electrons. The van der Waals surface area contributed by atoms with Gasteiger partial charge in [-0.15, -0.1) is 0 Å². The second kappa shape index (κ2) is 6.44. The summed E-state index contributed by atoms with van der Waals surface area (Å²) < 4.78 is 29.7. The van der Waals surface area contributed by atoms with Crippen molar-refractivity contribution in [3.63, 3.8) is 0 Å². The molecule has 0 amide bonds. The van der Waals surface area contributed by atoms with Crippen LogP contribution in [0.5, 0.6) is 0 Å². The molecule has 0 spiro atoms. The lowest BCUT2D eigenvalue weighted by Gasteiger charge is -2.13. The lowest BCUT2D eigenvalue weighted by Crippen LogP contribution is -2.24. The Balaban J connectivity index is 3.78. The van der Waals surface area contributed by atoms with Crippen LogP contribution < -0.4 is 0 Å². The molecule has 0 radical (unpaired) electrons. The average molecular weight is 223 g/mol. The van der Waals surface area contributed by atoms with Crippen LogP contribution in [0, 0.1) is 16.0 Å². The molecule has 0 heterocycles. The van der Waals surface area contributed by atoms with Crippen molar-refractivity contribution in [1.82, 2.24) is 0 Å². The summed E-state index contributed by atoms with van der Waals surface area (Å²) in [5.41, 5.74) is 0. The van der Waals surface area contributed by atoms with Crippen LogP contribution in [0.15, 0.2) is 12.2 Å². The molecule has 0 N–H and O–H groups in total. The number of hydrogen-bond acceptors (Lipinski definition) is 3. The maximum Gasteiger partial charge on any atom is 0.362 e. The maximum atomic E-state index is 12.7. The van der Waals surface area contributed by atoms with Crippen LogP contribution >= 0.6 is 0 Å². The lowest BCUT2D eigenvalue weighted by atomic mass is 10.2. The smallest absolute Gasteiger partial charge is 0.316 e. The number of nitrogens with zero attached hydrogens (tertiary/aromatic N) is 1. The fraction of sp³-hybridized carbons (Fsp3) is 0.778. The molecule has 0 saturated heterocycles. The summed E-state index contributed by atoms with van der Waals surface area (Å²) in [6.45, 7) is 2.78. The minimum absolute atomic E-state index is 0.233. The van der Waals surface area contributed by atoms with Crippen LogP contribution in [-0.4, -0.2) is 24.2 Å². The molecule has 0 aliphatic rings. The molecule has 0 atom stereocenters. The van der Waals surface area contributed by atoms with Crippen molar-refractivity contribution >= 4 is 0 Å². The quantitative estimate of drug-likeness (QED) is 0.378. The zero-order chi connectivity index (χ0) is 11.9. The molecule has 0 aliphatic carbocycles. The highest BCUT2D eigenvalue weighted by atomic mass is 19.3. The van der Waals surface area contributed by atoms with Gasteiger partial charge in [0, 0.05) is 4.92 Å². The minimum Gasteiger partial charge on any atom is -0.316 e. The van der Waals surface area contributed by atoms with Crippen molar-refractivity contribution in [1.29, 1.82) is 0 Å². The van der Waals surface area contributed by atoms with Gasteiger partial charge in [0.05, 0.1) is 6.61 Å². The SMILES string of the molecule is CC(C)/C=C/COC(F)(F)CC[N+](=O)[O-]. The molecule has 0 bridgehead atoms. The first kappa shape index (κ1) is 14.0. The Bertz CT molecular complexity index is 229. The van der Waals surface area contributed by atoms with E-state index in [1.807, 2.05) is 13.8 Å². The zero-order valence-corrected chi connectivity index (χ0v) is 8.78. The molecule has 0 aliphatic heterocycles. The highest BCUT2D eigenvalue weighted by Gasteiger charge is 2.31. The normalized spacial score (nSPS) is 12.6. The number of ether oxygens (including phenoxy) is 1. The average Bonchev–Trinajstić information content (AvgIpc) is 2.09. The Morgan fingerprint density at radius 1 is 1.53 bits per heavy atom. The molecule has 4 nitrogen and oxygen atoms in total. The van der Waals surface area contributed by atoms with Crippen LogP contribution in [0.4, 0.5) is 8.78 Å². The van der Waals surface area contributed by atoms with Gasteiger partial charge in [0.15, 0.2) is 0 Å². The van der Waals surface area contributed by atoms with Crippen LogP contribution in [0.25, 0.3) is 0 Å². The first-order valence-corrected chi connectivity index (χ1v) is 4.64. The van der Waals surface area contributed by atoms with E-state index in [1.165, 1.54) is 6.08 Å². The summed E-state index contributed by atoms with van der Waals surface area (Å²) >= 11 is 0. The van der Waals surface area contributed by atoms with Gasteiger partial charge in [0.1, 0.15) is 6.42 Å². The van der Waals surface area contributed by atoms with E-state index in [4.69, 9.17) is 0 Å². The summed E-state index contributed by atoms with van der Waals surface area (Å²) in [4.78, 5) is 9.08. The molecule has 0 fully saturated rings. The molecule has 0 rings (SSSR count). The Morgan fingerprint density at radius 3 is 2.60 bits per heavy atom. The van der Waals surface area contributed by atoms with E-state index >= 15 is 0 Å². The predicted molar refractivity (Wildman–Crippen MR) is 51.4 cm³/mol. The van der Waals surface area contributed by atoms with Gasteiger partial charge in [-0.3, -0.25) is 10.1 Å². The second-order valence-corrected chi connectivity index (χ2v) is 3.43. The Hall–Kier alpha value is -1.04. The highest BCUT2D eigenvalue weighted by molar-refractivity contribution is 4.84. The van der Waals surface area contributed by atoms with Crippen molar-refractivity contribution in [2.24, 2.45) is 5.92 Å². The molecule has 0 aromatic heterocycles. The fourth-order valence-electron chi connectivity index (χ4n) is 0.791. The number of alkyl halides is 2. The van der Waals surface area contributed by atoms with Gasteiger partial charge in [-0.25, -0.2) is 0 Å². The van der Waals surface area contributed by atoms with E-state index in [0.717, 1.165) is 0 Å². The fourth-order valence-corrected chi connectivity index (χ4v) is 0.791. The third-order valence-corrected chi connectivity index (χ3v) is 1.50. The molecule has 0 unspecified atom stereocenters. The predicted octanol–water partition coefficient (Wildman–Crippen LogP) is 2.47. The molecule has 6 heteroatoms. The largest absolute Gasteiger partial charge is 0.362 e. The third kappa shape index (κ3) is 9.27. The summed E-state index contributed by atoms with van der Waals surface area (Å²) in [7, 11) is 0. The van der Waals surface area contributed by atoms with Crippen LogP contribution in [0.2, 0.25) is 0 Å². The van der Waals surface area contributed by atoms with Crippen LogP contribution in [0.1, 0.15) is 20.3 Å². The number of halogens is 2. The zero-order valence-electron chi connectivity index (χ0n) is 8.78. The van der Waals surface area contributed by atoms with E-state index in [1.54, 1.807) is 6.08 Å². The van der Waals surface area contributed by atoms with E-state index in [2.05, 4.69) is 4.74 Å². The van der Waals surface area contributed by atoms with E-state index in [9.17, 15) is 18.9 Å².